The molecule has 150 valence electrons. The molecule has 29 heavy (non-hydrogen) atoms. The topological polar surface area (TPSA) is 61.4 Å². The minimum Gasteiger partial charge on any atom is -0.326 e. The van der Waals surface area contributed by atoms with Crippen LogP contribution in [-0.2, 0) is 11.2 Å². The lowest BCUT2D eigenvalue weighted by atomic mass is 9.67. The van der Waals surface area contributed by atoms with E-state index in [0.29, 0.717) is 23.7 Å². The Morgan fingerprint density at radius 2 is 2.00 bits per heavy atom. The van der Waals surface area contributed by atoms with E-state index < -0.39 is 0 Å². The fourth-order valence-corrected chi connectivity index (χ4v) is 5.38. The van der Waals surface area contributed by atoms with Crippen LogP contribution >= 0.6 is 0 Å². The molecule has 2 aromatic carbocycles. The van der Waals surface area contributed by atoms with Crippen molar-refractivity contribution in [2.24, 2.45) is 11.3 Å². The van der Waals surface area contributed by atoms with Crippen LogP contribution in [0.15, 0.2) is 48.5 Å². The number of rotatable bonds is 3. The van der Waals surface area contributed by atoms with Crippen molar-refractivity contribution in [3.05, 3.63) is 59.7 Å². The highest BCUT2D eigenvalue weighted by Gasteiger charge is 2.49. The molecule has 0 radical (unpaired) electrons. The van der Waals surface area contributed by atoms with Crippen LogP contribution in [0.5, 0.6) is 0 Å². The van der Waals surface area contributed by atoms with Crippen LogP contribution in [-0.4, -0.2) is 31.4 Å². The normalized spacial score (nSPS) is 25.4. The van der Waals surface area contributed by atoms with Crippen LogP contribution in [0.25, 0.3) is 0 Å². The van der Waals surface area contributed by atoms with E-state index in [9.17, 15) is 9.59 Å². The third-order valence-electron chi connectivity index (χ3n) is 6.99. The molecule has 2 heterocycles. The number of carbonyl (C=O) groups excluding carboxylic acids is 2. The number of hydrogen-bond acceptors (Lipinski definition) is 3. The SMILES string of the molecule is O=C(c1cccc(NC(=O)[C@@]23CCCC[C@H]2CNC3)c1)N1CCc2ccccc21. The Kier molecular flexibility index (Phi) is 4.63. The van der Waals surface area contributed by atoms with Crippen LogP contribution in [0, 0.1) is 11.3 Å². The summed E-state index contributed by atoms with van der Waals surface area (Å²) >= 11 is 0. The Labute approximate surface area is 171 Å². The maximum Gasteiger partial charge on any atom is 0.258 e. The van der Waals surface area contributed by atoms with E-state index in [1.807, 2.05) is 47.4 Å². The van der Waals surface area contributed by atoms with Crippen molar-refractivity contribution in [3.63, 3.8) is 0 Å². The van der Waals surface area contributed by atoms with Crippen molar-refractivity contribution in [2.75, 3.05) is 29.9 Å². The lowest BCUT2D eigenvalue weighted by Gasteiger charge is -2.37. The summed E-state index contributed by atoms with van der Waals surface area (Å²) in [4.78, 5) is 28.2. The van der Waals surface area contributed by atoms with Crippen LogP contribution in [0.4, 0.5) is 11.4 Å². The second kappa shape index (κ2) is 7.30. The lowest BCUT2D eigenvalue weighted by molar-refractivity contribution is -0.128. The van der Waals surface area contributed by atoms with Crippen LogP contribution in [0.2, 0.25) is 0 Å². The standard InChI is InChI=1S/C24H27N3O2/c28-22(27-13-11-17-6-1-2-10-21(17)27)18-7-5-9-20(14-18)26-23(29)24-12-4-3-8-19(24)15-25-16-24/h1-2,5-7,9-10,14,19,25H,3-4,8,11-13,15-16H2,(H,26,29)/t19-,24+/m0/s1. The summed E-state index contributed by atoms with van der Waals surface area (Å²) in [5, 5.41) is 6.56. The van der Waals surface area contributed by atoms with Gasteiger partial charge in [0.05, 0.1) is 5.41 Å². The Morgan fingerprint density at radius 3 is 2.93 bits per heavy atom. The second-order valence-electron chi connectivity index (χ2n) is 8.60. The molecule has 2 N–H and O–H groups in total. The van der Waals surface area contributed by atoms with Gasteiger partial charge in [-0.25, -0.2) is 0 Å². The van der Waals surface area contributed by atoms with Gasteiger partial charge in [0.15, 0.2) is 0 Å². The molecule has 5 nitrogen and oxygen atoms in total. The molecule has 2 fully saturated rings. The predicted molar refractivity (Wildman–Crippen MR) is 114 cm³/mol. The maximum absolute atomic E-state index is 13.2. The predicted octanol–water partition coefficient (Wildman–Crippen LogP) is 3.61. The minimum atomic E-state index is -0.299. The van der Waals surface area contributed by atoms with Gasteiger partial charge in [-0.15, -0.1) is 0 Å². The molecule has 3 aliphatic rings. The number of benzene rings is 2. The molecular formula is C24H27N3O2. The quantitative estimate of drug-likeness (QED) is 0.843. The van der Waals surface area contributed by atoms with Crippen molar-refractivity contribution < 1.29 is 9.59 Å². The molecule has 0 aromatic heterocycles. The lowest BCUT2D eigenvalue weighted by Crippen LogP contribution is -2.44. The zero-order chi connectivity index (χ0) is 19.8. The number of anilines is 2. The number of hydrogen-bond donors (Lipinski definition) is 2. The average Bonchev–Trinajstić information content (AvgIpc) is 3.38. The van der Waals surface area contributed by atoms with Crippen molar-refractivity contribution in [1.29, 1.82) is 0 Å². The molecule has 5 heteroatoms. The molecule has 0 bridgehead atoms. The van der Waals surface area contributed by atoms with Crippen LogP contribution in [0.1, 0.15) is 41.6 Å². The first-order valence-electron chi connectivity index (χ1n) is 10.7. The third-order valence-corrected chi connectivity index (χ3v) is 6.99. The largest absolute Gasteiger partial charge is 0.326 e. The molecule has 0 spiro atoms. The summed E-state index contributed by atoms with van der Waals surface area (Å²) < 4.78 is 0. The van der Waals surface area contributed by atoms with Crippen LogP contribution in [0.3, 0.4) is 0 Å². The first-order valence-corrected chi connectivity index (χ1v) is 10.7. The molecule has 2 atom stereocenters. The van der Waals surface area contributed by atoms with Crippen molar-refractivity contribution in [1.82, 2.24) is 5.32 Å². The Bertz CT molecular complexity index is 957. The zero-order valence-corrected chi connectivity index (χ0v) is 16.6. The van der Waals surface area contributed by atoms with Gasteiger partial charge in [-0.2, -0.15) is 0 Å². The second-order valence-corrected chi connectivity index (χ2v) is 8.60. The van der Waals surface area contributed by atoms with Gasteiger partial charge < -0.3 is 15.5 Å². The highest BCUT2D eigenvalue weighted by atomic mass is 16.2. The smallest absolute Gasteiger partial charge is 0.258 e. The number of fused-ring (bicyclic) bond motifs is 2. The summed E-state index contributed by atoms with van der Waals surface area (Å²) in [6.45, 7) is 2.39. The van der Waals surface area contributed by atoms with E-state index in [1.165, 1.54) is 12.0 Å². The molecule has 1 saturated carbocycles. The summed E-state index contributed by atoms with van der Waals surface area (Å²) in [5.74, 6) is 0.507. The summed E-state index contributed by atoms with van der Waals surface area (Å²) in [6.07, 6.45) is 5.27. The molecule has 0 unspecified atom stereocenters. The van der Waals surface area contributed by atoms with Crippen molar-refractivity contribution in [3.8, 4) is 0 Å². The molecular weight excluding hydrogens is 362 g/mol. The van der Waals surface area contributed by atoms with Gasteiger partial charge >= 0.3 is 0 Å². The Morgan fingerprint density at radius 1 is 1.10 bits per heavy atom. The van der Waals surface area contributed by atoms with Gasteiger partial charge in [0, 0.05) is 30.0 Å². The number of nitrogens with one attached hydrogen (secondary N) is 2. The molecule has 1 aliphatic carbocycles. The molecule has 2 amide bonds. The van der Waals surface area contributed by atoms with Gasteiger partial charge in [-0.3, -0.25) is 9.59 Å². The van der Waals surface area contributed by atoms with E-state index in [-0.39, 0.29) is 17.2 Å². The van der Waals surface area contributed by atoms with E-state index in [4.69, 9.17) is 0 Å². The fraction of sp³-hybridized carbons (Fsp3) is 0.417. The van der Waals surface area contributed by atoms with Crippen LogP contribution < -0.4 is 15.5 Å². The number of nitrogens with zero attached hydrogens (tertiary/aromatic N) is 1. The summed E-state index contributed by atoms with van der Waals surface area (Å²) in [5.41, 5.74) is 3.22. The van der Waals surface area contributed by atoms with Crippen molar-refractivity contribution >= 4 is 23.2 Å². The summed E-state index contributed by atoms with van der Waals surface area (Å²) in [6, 6.07) is 15.4. The van der Waals surface area contributed by atoms with Gasteiger partial charge in [0.2, 0.25) is 5.91 Å². The minimum absolute atomic E-state index is 0.0118. The van der Waals surface area contributed by atoms with Gasteiger partial charge in [0.1, 0.15) is 0 Å². The van der Waals surface area contributed by atoms with Gasteiger partial charge in [-0.1, -0.05) is 37.1 Å². The highest BCUT2D eigenvalue weighted by Crippen LogP contribution is 2.44. The highest BCUT2D eigenvalue weighted by molar-refractivity contribution is 6.08. The fourth-order valence-electron chi connectivity index (χ4n) is 5.38. The number of amides is 2. The van der Waals surface area contributed by atoms with E-state index in [2.05, 4.69) is 16.7 Å². The first-order chi connectivity index (χ1) is 14.2. The summed E-state index contributed by atoms with van der Waals surface area (Å²) in [7, 11) is 0. The van der Waals surface area contributed by atoms with Gasteiger partial charge in [0.25, 0.3) is 5.91 Å². The number of para-hydroxylation sites is 1. The number of carbonyl (C=O) groups is 2. The Hall–Kier alpha value is -2.66. The van der Waals surface area contributed by atoms with E-state index in [1.54, 1.807) is 0 Å². The molecule has 5 rings (SSSR count). The van der Waals surface area contributed by atoms with Crippen molar-refractivity contribution in [2.45, 2.75) is 32.1 Å². The maximum atomic E-state index is 13.2. The zero-order valence-electron chi connectivity index (χ0n) is 16.6. The molecule has 2 aliphatic heterocycles. The van der Waals surface area contributed by atoms with E-state index in [0.717, 1.165) is 44.5 Å². The van der Waals surface area contributed by atoms with Gasteiger partial charge in [-0.05, 0) is 61.6 Å². The third kappa shape index (κ3) is 3.14. The molecule has 1 saturated heterocycles. The Balaban J connectivity index is 1.35. The monoisotopic (exact) mass is 389 g/mol. The average molecular weight is 389 g/mol. The first kappa shape index (κ1) is 18.4. The molecule has 2 aromatic rings. The van der Waals surface area contributed by atoms with E-state index >= 15 is 0 Å².